The van der Waals surface area contributed by atoms with E-state index in [0.29, 0.717) is 34.7 Å². The molecule has 1 fully saturated rings. The maximum absolute atomic E-state index is 11.4. The van der Waals surface area contributed by atoms with Gasteiger partial charge in [0.05, 0.1) is 23.8 Å². The van der Waals surface area contributed by atoms with Gasteiger partial charge in [-0.25, -0.2) is 13.4 Å². The highest BCUT2D eigenvalue weighted by Gasteiger charge is 2.23. The van der Waals surface area contributed by atoms with Crippen LogP contribution in [0, 0.1) is 0 Å². The monoisotopic (exact) mass is 373 g/mol. The Morgan fingerprint density at radius 2 is 2.00 bits per heavy atom. The molecule has 0 bridgehead atoms. The van der Waals surface area contributed by atoms with Crippen molar-refractivity contribution in [3.8, 4) is 0 Å². The highest BCUT2D eigenvalue weighted by Crippen LogP contribution is 2.30. The van der Waals surface area contributed by atoms with E-state index in [9.17, 15) is 8.42 Å². The first-order valence-corrected chi connectivity index (χ1v) is 10.0. The van der Waals surface area contributed by atoms with Crippen LogP contribution >= 0.6 is 0 Å². The second kappa shape index (κ2) is 6.06. The molecule has 3 aromatic rings. The number of aromatic nitrogens is 3. The number of rotatable bonds is 6. The van der Waals surface area contributed by atoms with Gasteiger partial charge in [0.1, 0.15) is 5.82 Å². The molecule has 0 aliphatic heterocycles. The number of benzene rings is 1. The standard InChI is InChI=1S/C16H19N7O2S/c1-26(24,25)22-12-4-2-3-11(7-12)20-15-8-13(19-10-5-6-10)16-18-9-14(17)23(16)21-15/h2-4,7-10,19,22H,5-6,17H2,1H3,(H,20,21). The predicted octanol–water partition coefficient (Wildman–Crippen LogP) is 2.00. The Hall–Kier alpha value is -3.01. The number of fused-ring (bicyclic) bond motifs is 1. The molecule has 9 nitrogen and oxygen atoms in total. The van der Waals surface area contributed by atoms with Crippen molar-refractivity contribution in [2.24, 2.45) is 0 Å². The fraction of sp³-hybridized carbons (Fsp3) is 0.250. The van der Waals surface area contributed by atoms with Crippen LogP contribution in [-0.4, -0.2) is 35.3 Å². The summed E-state index contributed by atoms with van der Waals surface area (Å²) in [6.07, 6.45) is 4.94. The van der Waals surface area contributed by atoms with Crippen LogP contribution in [0.2, 0.25) is 0 Å². The maximum Gasteiger partial charge on any atom is 0.229 e. The van der Waals surface area contributed by atoms with E-state index in [4.69, 9.17) is 5.73 Å². The number of sulfonamides is 1. The molecule has 1 aliphatic rings. The van der Waals surface area contributed by atoms with Crippen molar-refractivity contribution in [2.75, 3.05) is 27.3 Å². The van der Waals surface area contributed by atoms with Gasteiger partial charge in [0.2, 0.25) is 10.0 Å². The molecular weight excluding hydrogens is 354 g/mol. The molecule has 5 N–H and O–H groups in total. The van der Waals surface area contributed by atoms with Crippen molar-refractivity contribution in [2.45, 2.75) is 18.9 Å². The highest BCUT2D eigenvalue weighted by molar-refractivity contribution is 7.92. The molecule has 0 amide bonds. The average Bonchev–Trinajstić information content (AvgIpc) is 3.28. The summed E-state index contributed by atoms with van der Waals surface area (Å²) >= 11 is 0. The molecule has 1 aromatic carbocycles. The van der Waals surface area contributed by atoms with E-state index in [1.54, 1.807) is 28.9 Å². The van der Waals surface area contributed by atoms with Crippen LogP contribution in [0.25, 0.3) is 5.65 Å². The minimum absolute atomic E-state index is 0.440. The summed E-state index contributed by atoms with van der Waals surface area (Å²) < 4.78 is 26.8. The molecule has 1 saturated carbocycles. The van der Waals surface area contributed by atoms with E-state index in [1.165, 1.54) is 0 Å². The lowest BCUT2D eigenvalue weighted by molar-refractivity contribution is 0.607. The third-order valence-corrected chi connectivity index (χ3v) is 4.48. The molecule has 2 heterocycles. The van der Waals surface area contributed by atoms with Crippen LogP contribution < -0.4 is 21.1 Å². The number of imidazole rings is 1. The number of nitrogens with one attached hydrogen (secondary N) is 3. The zero-order valence-electron chi connectivity index (χ0n) is 14.1. The first-order chi connectivity index (χ1) is 12.4. The molecule has 2 aromatic heterocycles. The minimum atomic E-state index is -3.34. The topological polar surface area (TPSA) is 126 Å². The summed E-state index contributed by atoms with van der Waals surface area (Å²) in [5, 5.41) is 11.1. The Balaban J connectivity index is 1.66. The number of hydrogen-bond acceptors (Lipinski definition) is 7. The molecule has 0 spiro atoms. The molecule has 4 rings (SSSR count). The molecule has 10 heteroatoms. The quantitative estimate of drug-likeness (QED) is 0.520. The summed E-state index contributed by atoms with van der Waals surface area (Å²) in [5.74, 6) is 1.01. The number of hydrogen-bond donors (Lipinski definition) is 4. The summed E-state index contributed by atoms with van der Waals surface area (Å²) in [7, 11) is -3.34. The number of anilines is 5. The lowest BCUT2D eigenvalue weighted by Crippen LogP contribution is -2.10. The predicted molar refractivity (Wildman–Crippen MR) is 102 cm³/mol. The average molecular weight is 373 g/mol. The molecule has 0 saturated heterocycles. The van der Waals surface area contributed by atoms with Gasteiger partial charge in [0.25, 0.3) is 0 Å². The largest absolute Gasteiger partial charge is 0.382 e. The van der Waals surface area contributed by atoms with Crippen molar-refractivity contribution in [1.29, 1.82) is 0 Å². The summed E-state index contributed by atoms with van der Waals surface area (Å²) in [5.41, 5.74) is 8.65. The van der Waals surface area contributed by atoms with Crippen LogP contribution in [0.15, 0.2) is 36.5 Å². The van der Waals surface area contributed by atoms with Crippen LogP contribution in [0.4, 0.5) is 28.7 Å². The molecule has 0 radical (unpaired) electrons. The lowest BCUT2D eigenvalue weighted by atomic mass is 10.3. The fourth-order valence-electron chi connectivity index (χ4n) is 2.62. The molecule has 0 atom stereocenters. The van der Waals surface area contributed by atoms with Crippen molar-refractivity contribution in [3.63, 3.8) is 0 Å². The van der Waals surface area contributed by atoms with Crippen LogP contribution in [0.5, 0.6) is 0 Å². The van der Waals surface area contributed by atoms with Gasteiger partial charge in [-0.15, -0.1) is 5.10 Å². The van der Waals surface area contributed by atoms with E-state index in [2.05, 4.69) is 25.4 Å². The van der Waals surface area contributed by atoms with E-state index >= 15 is 0 Å². The van der Waals surface area contributed by atoms with Crippen LogP contribution in [0.3, 0.4) is 0 Å². The zero-order chi connectivity index (χ0) is 18.3. The molecule has 1 aliphatic carbocycles. The first kappa shape index (κ1) is 16.5. The first-order valence-electron chi connectivity index (χ1n) is 8.13. The Morgan fingerprint density at radius 1 is 1.23 bits per heavy atom. The Kier molecular flexibility index (Phi) is 3.83. The smallest absolute Gasteiger partial charge is 0.229 e. The van der Waals surface area contributed by atoms with Gasteiger partial charge in [-0.05, 0) is 31.0 Å². The SMILES string of the molecule is CS(=O)(=O)Nc1cccc(Nc2cc(NC3CC3)c3ncc(N)n3n2)c1. The normalized spacial score (nSPS) is 14.3. The van der Waals surface area contributed by atoms with Crippen molar-refractivity contribution < 1.29 is 8.42 Å². The number of nitrogens with zero attached hydrogens (tertiary/aromatic N) is 3. The molecule has 136 valence electrons. The van der Waals surface area contributed by atoms with Gasteiger partial charge in [-0.2, -0.15) is 4.52 Å². The van der Waals surface area contributed by atoms with E-state index in [-0.39, 0.29) is 0 Å². The molecule has 0 unspecified atom stereocenters. The minimum Gasteiger partial charge on any atom is -0.382 e. The van der Waals surface area contributed by atoms with Gasteiger partial charge < -0.3 is 16.4 Å². The number of nitrogens with two attached hydrogens (primary N) is 1. The third kappa shape index (κ3) is 3.64. The lowest BCUT2D eigenvalue weighted by Gasteiger charge is -2.12. The van der Waals surface area contributed by atoms with Crippen LogP contribution in [0.1, 0.15) is 12.8 Å². The Bertz CT molecular complexity index is 1070. The van der Waals surface area contributed by atoms with E-state index in [0.717, 1.165) is 24.8 Å². The number of nitrogen functional groups attached to an aromatic ring is 1. The Labute approximate surface area is 150 Å². The van der Waals surface area contributed by atoms with Crippen molar-refractivity contribution >= 4 is 44.4 Å². The van der Waals surface area contributed by atoms with E-state index in [1.807, 2.05) is 12.1 Å². The summed E-state index contributed by atoms with van der Waals surface area (Å²) in [6, 6.07) is 9.27. The third-order valence-electron chi connectivity index (χ3n) is 3.87. The van der Waals surface area contributed by atoms with Crippen molar-refractivity contribution in [3.05, 3.63) is 36.5 Å². The second-order valence-electron chi connectivity index (χ2n) is 6.36. The zero-order valence-corrected chi connectivity index (χ0v) is 14.9. The van der Waals surface area contributed by atoms with Gasteiger partial charge in [-0.1, -0.05) is 6.07 Å². The van der Waals surface area contributed by atoms with Crippen molar-refractivity contribution in [1.82, 2.24) is 14.6 Å². The van der Waals surface area contributed by atoms with Gasteiger partial charge in [-0.3, -0.25) is 4.72 Å². The molecular formula is C16H19N7O2S. The van der Waals surface area contributed by atoms with Crippen LogP contribution in [-0.2, 0) is 10.0 Å². The molecule has 26 heavy (non-hydrogen) atoms. The highest BCUT2D eigenvalue weighted by atomic mass is 32.2. The Morgan fingerprint density at radius 3 is 2.73 bits per heavy atom. The fourth-order valence-corrected chi connectivity index (χ4v) is 3.18. The van der Waals surface area contributed by atoms with E-state index < -0.39 is 10.0 Å². The maximum atomic E-state index is 11.4. The second-order valence-corrected chi connectivity index (χ2v) is 8.11. The summed E-state index contributed by atoms with van der Waals surface area (Å²) in [4.78, 5) is 4.31. The van der Waals surface area contributed by atoms with Gasteiger partial charge >= 0.3 is 0 Å². The summed E-state index contributed by atoms with van der Waals surface area (Å²) in [6.45, 7) is 0. The van der Waals surface area contributed by atoms with Gasteiger partial charge in [0.15, 0.2) is 11.5 Å². The van der Waals surface area contributed by atoms with Gasteiger partial charge in [0, 0.05) is 17.8 Å².